The molecule has 0 radical (unpaired) electrons. The van der Waals surface area contributed by atoms with Crippen molar-refractivity contribution in [2.24, 2.45) is 5.92 Å². The number of hydrogen-bond acceptors (Lipinski definition) is 1. The molecule has 0 aromatic carbocycles. The summed E-state index contributed by atoms with van der Waals surface area (Å²) in [5, 5.41) is 3.57. The van der Waals surface area contributed by atoms with Crippen LogP contribution in [0.4, 0.5) is 0 Å². The molecule has 0 unspecified atom stereocenters. The molecule has 0 spiro atoms. The summed E-state index contributed by atoms with van der Waals surface area (Å²) in [5.74, 6) is 0.875. The Morgan fingerprint density at radius 2 is 2.30 bits per heavy atom. The van der Waals surface area contributed by atoms with E-state index in [1.807, 2.05) is 0 Å². The molecule has 0 aromatic heterocycles. The molecule has 0 aliphatic carbocycles. The standard InChI is InChI=1S/C9H19N/c1-3-8(2)9-6-4-5-7-10-9/h8-10H,3-7H2,1-2H3/t8-,9+/m0/s1. The Morgan fingerprint density at radius 1 is 1.50 bits per heavy atom. The Bertz CT molecular complexity index is 84.7. The van der Waals surface area contributed by atoms with Crippen LogP contribution in [-0.2, 0) is 0 Å². The first-order valence-electron chi connectivity index (χ1n) is 4.58. The third kappa shape index (κ3) is 1.98. The summed E-state index contributed by atoms with van der Waals surface area (Å²) in [6, 6.07) is 0.818. The first-order chi connectivity index (χ1) is 4.84. The van der Waals surface area contributed by atoms with Gasteiger partial charge in [-0.1, -0.05) is 26.7 Å². The van der Waals surface area contributed by atoms with E-state index in [4.69, 9.17) is 0 Å². The number of hydrogen-bond donors (Lipinski definition) is 1. The quantitative estimate of drug-likeness (QED) is 0.621. The normalized spacial score (nSPS) is 30.0. The van der Waals surface area contributed by atoms with Gasteiger partial charge in [0, 0.05) is 6.04 Å². The van der Waals surface area contributed by atoms with Gasteiger partial charge >= 0.3 is 0 Å². The number of nitrogens with one attached hydrogen (secondary N) is 1. The molecule has 1 heteroatoms. The van der Waals surface area contributed by atoms with Crippen molar-refractivity contribution in [2.75, 3.05) is 6.54 Å². The maximum atomic E-state index is 3.57. The van der Waals surface area contributed by atoms with Crippen molar-refractivity contribution in [2.45, 2.75) is 45.6 Å². The van der Waals surface area contributed by atoms with E-state index in [-0.39, 0.29) is 0 Å². The molecule has 0 bridgehead atoms. The van der Waals surface area contributed by atoms with Crippen molar-refractivity contribution in [3.05, 3.63) is 0 Å². The highest BCUT2D eigenvalue weighted by atomic mass is 14.9. The van der Waals surface area contributed by atoms with E-state index in [1.165, 1.54) is 32.2 Å². The van der Waals surface area contributed by atoms with Gasteiger partial charge in [-0.05, 0) is 25.3 Å². The Kier molecular flexibility index (Phi) is 3.20. The Labute approximate surface area is 64.2 Å². The molecule has 1 aliphatic rings. The minimum absolute atomic E-state index is 0.818. The largest absolute Gasteiger partial charge is 0.314 e. The van der Waals surface area contributed by atoms with Gasteiger partial charge in [-0.25, -0.2) is 0 Å². The molecule has 1 aliphatic heterocycles. The molecule has 0 amide bonds. The van der Waals surface area contributed by atoms with E-state index in [0.717, 1.165) is 12.0 Å². The molecule has 0 saturated carbocycles. The maximum Gasteiger partial charge on any atom is 0.00925 e. The van der Waals surface area contributed by atoms with Crippen molar-refractivity contribution in [3.8, 4) is 0 Å². The predicted octanol–water partition coefficient (Wildman–Crippen LogP) is 2.17. The second-order valence-corrected chi connectivity index (χ2v) is 3.44. The molecule has 1 nitrogen and oxygen atoms in total. The third-order valence-electron chi connectivity index (χ3n) is 2.68. The molecular formula is C9H19N. The minimum Gasteiger partial charge on any atom is -0.314 e. The molecular weight excluding hydrogens is 122 g/mol. The summed E-state index contributed by atoms with van der Waals surface area (Å²) in [5.41, 5.74) is 0. The average Bonchev–Trinajstić information content (AvgIpc) is 2.05. The number of rotatable bonds is 2. The van der Waals surface area contributed by atoms with E-state index >= 15 is 0 Å². The molecule has 1 fully saturated rings. The van der Waals surface area contributed by atoms with Crippen molar-refractivity contribution in [1.82, 2.24) is 5.32 Å². The summed E-state index contributed by atoms with van der Waals surface area (Å²) in [6.07, 6.45) is 5.53. The lowest BCUT2D eigenvalue weighted by Crippen LogP contribution is -2.38. The highest BCUT2D eigenvalue weighted by molar-refractivity contribution is 4.76. The van der Waals surface area contributed by atoms with E-state index < -0.39 is 0 Å². The van der Waals surface area contributed by atoms with Gasteiger partial charge in [-0.15, -0.1) is 0 Å². The lowest BCUT2D eigenvalue weighted by atomic mass is 9.92. The van der Waals surface area contributed by atoms with Crippen LogP contribution in [0, 0.1) is 5.92 Å². The topological polar surface area (TPSA) is 12.0 Å². The maximum absolute atomic E-state index is 3.57. The summed E-state index contributed by atoms with van der Waals surface area (Å²) in [4.78, 5) is 0. The molecule has 0 aromatic rings. The van der Waals surface area contributed by atoms with Crippen LogP contribution in [0.1, 0.15) is 39.5 Å². The van der Waals surface area contributed by atoms with E-state index in [2.05, 4.69) is 19.2 Å². The zero-order valence-electron chi connectivity index (χ0n) is 7.19. The highest BCUT2D eigenvalue weighted by Crippen LogP contribution is 2.16. The highest BCUT2D eigenvalue weighted by Gasteiger charge is 2.16. The van der Waals surface area contributed by atoms with Crippen molar-refractivity contribution >= 4 is 0 Å². The Morgan fingerprint density at radius 3 is 2.80 bits per heavy atom. The predicted molar refractivity (Wildman–Crippen MR) is 45.1 cm³/mol. The van der Waals surface area contributed by atoms with E-state index in [1.54, 1.807) is 0 Å². The van der Waals surface area contributed by atoms with Gasteiger partial charge in [-0.2, -0.15) is 0 Å². The molecule has 10 heavy (non-hydrogen) atoms. The van der Waals surface area contributed by atoms with Crippen LogP contribution in [0.25, 0.3) is 0 Å². The van der Waals surface area contributed by atoms with Crippen LogP contribution in [0.15, 0.2) is 0 Å². The fourth-order valence-corrected chi connectivity index (χ4v) is 1.65. The van der Waals surface area contributed by atoms with Crippen molar-refractivity contribution in [1.29, 1.82) is 0 Å². The van der Waals surface area contributed by atoms with Gasteiger partial charge in [0.1, 0.15) is 0 Å². The molecule has 1 N–H and O–H groups in total. The van der Waals surface area contributed by atoms with Gasteiger partial charge in [0.05, 0.1) is 0 Å². The van der Waals surface area contributed by atoms with Crippen molar-refractivity contribution in [3.63, 3.8) is 0 Å². The van der Waals surface area contributed by atoms with Gasteiger partial charge in [0.15, 0.2) is 0 Å². The van der Waals surface area contributed by atoms with E-state index in [9.17, 15) is 0 Å². The first kappa shape index (κ1) is 8.06. The van der Waals surface area contributed by atoms with Crippen LogP contribution in [0.5, 0.6) is 0 Å². The molecule has 1 heterocycles. The number of piperidine rings is 1. The zero-order chi connectivity index (χ0) is 7.40. The molecule has 2 atom stereocenters. The van der Waals surface area contributed by atoms with Crippen LogP contribution < -0.4 is 5.32 Å². The second-order valence-electron chi connectivity index (χ2n) is 3.44. The fraction of sp³-hybridized carbons (Fsp3) is 1.00. The monoisotopic (exact) mass is 141 g/mol. The van der Waals surface area contributed by atoms with Crippen LogP contribution in [-0.4, -0.2) is 12.6 Å². The second kappa shape index (κ2) is 3.97. The lowest BCUT2D eigenvalue weighted by molar-refractivity contribution is 0.304. The van der Waals surface area contributed by atoms with Crippen molar-refractivity contribution < 1.29 is 0 Å². The first-order valence-corrected chi connectivity index (χ1v) is 4.58. The van der Waals surface area contributed by atoms with Gasteiger partial charge in [-0.3, -0.25) is 0 Å². The summed E-state index contributed by atoms with van der Waals surface area (Å²) >= 11 is 0. The molecule has 1 saturated heterocycles. The lowest BCUT2D eigenvalue weighted by Gasteiger charge is -2.28. The zero-order valence-corrected chi connectivity index (χ0v) is 7.19. The summed E-state index contributed by atoms with van der Waals surface area (Å²) in [7, 11) is 0. The molecule has 1 rings (SSSR count). The third-order valence-corrected chi connectivity index (χ3v) is 2.68. The minimum atomic E-state index is 0.818. The fourth-order valence-electron chi connectivity index (χ4n) is 1.65. The van der Waals surface area contributed by atoms with Crippen LogP contribution >= 0.6 is 0 Å². The summed E-state index contributed by atoms with van der Waals surface area (Å²) in [6.45, 7) is 5.87. The Balaban J connectivity index is 2.24. The van der Waals surface area contributed by atoms with Gasteiger partial charge in [0.2, 0.25) is 0 Å². The van der Waals surface area contributed by atoms with Gasteiger partial charge in [0.25, 0.3) is 0 Å². The van der Waals surface area contributed by atoms with Crippen LogP contribution in [0.2, 0.25) is 0 Å². The SMILES string of the molecule is CC[C@H](C)[C@H]1CCCCN1. The molecule has 60 valence electrons. The van der Waals surface area contributed by atoms with Crippen LogP contribution in [0.3, 0.4) is 0 Å². The Hall–Kier alpha value is -0.0400. The summed E-state index contributed by atoms with van der Waals surface area (Å²) < 4.78 is 0. The van der Waals surface area contributed by atoms with Gasteiger partial charge < -0.3 is 5.32 Å². The smallest absolute Gasteiger partial charge is 0.00925 e. The average molecular weight is 141 g/mol. The van der Waals surface area contributed by atoms with E-state index in [0.29, 0.717) is 0 Å².